The van der Waals surface area contributed by atoms with E-state index in [4.69, 9.17) is 16.3 Å². The highest BCUT2D eigenvalue weighted by Gasteiger charge is 2.26. The third-order valence-electron chi connectivity index (χ3n) is 3.44. The summed E-state index contributed by atoms with van der Waals surface area (Å²) >= 11 is 9.49. The molecule has 1 N–H and O–H groups in total. The van der Waals surface area contributed by atoms with Gasteiger partial charge in [-0.15, -0.1) is 0 Å². The topological polar surface area (TPSA) is 41.6 Å². The zero-order valence-electron chi connectivity index (χ0n) is 13.2. The third kappa shape index (κ3) is 5.06. The molecular weight excluding hydrogens is 368 g/mol. The molecule has 4 nitrogen and oxygen atoms in total. The molecule has 6 heteroatoms. The van der Waals surface area contributed by atoms with E-state index < -0.39 is 5.60 Å². The van der Waals surface area contributed by atoms with E-state index in [1.54, 1.807) is 4.90 Å². The van der Waals surface area contributed by atoms with Gasteiger partial charge in [0.1, 0.15) is 5.60 Å². The molecule has 1 aromatic carbocycles. The van der Waals surface area contributed by atoms with Gasteiger partial charge in [-0.1, -0.05) is 11.6 Å². The highest BCUT2D eigenvalue weighted by Crippen LogP contribution is 2.27. The molecule has 122 valence electrons. The van der Waals surface area contributed by atoms with Gasteiger partial charge in [-0.3, -0.25) is 0 Å². The second-order valence-corrected chi connectivity index (χ2v) is 7.78. The van der Waals surface area contributed by atoms with Gasteiger partial charge in [0, 0.05) is 29.3 Å². The van der Waals surface area contributed by atoms with Crippen LogP contribution in [0.25, 0.3) is 0 Å². The predicted octanol–water partition coefficient (Wildman–Crippen LogP) is 4.91. The lowest BCUT2D eigenvalue weighted by atomic mass is 10.0. The molecule has 1 fully saturated rings. The zero-order chi connectivity index (χ0) is 16.3. The van der Waals surface area contributed by atoms with Crippen molar-refractivity contribution in [2.24, 2.45) is 0 Å². The summed E-state index contributed by atoms with van der Waals surface area (Å²) in [6, 6.07) is 6.18. The quantitative estimate of drug-likeness (QED) is 0.781. The highest BCUT2D eigenvalue weighted by atomic mass is 79.9. The number of nitrogens with zero attached hydrogens (tertiary/aromatic N) is 1. The van der Waals surface area contributed by atoms with Gasteiger partial charge in [-0.05, 0) is 67.7 Å². The van der Waals surface area contributed by atoms with Crippen LogP contribution in [0.1, 0.15) is 33.6 Å². The first-order valence-electron chi connectivity index (χ1n) is 7.44. The number of carbonyl (C=O) groups excluding carboxylic acids is 1. The van der Waals surface area contributed by atoms with Crippen molar-refractivity contribution in [1.29, 1.82) is 0 Å². The Bertz CT molecular complexity index is 537. The fraction of sp³-hybridized carbons (Fsp3) is 0.562. The summed E-state index contributed by atoms with van der Waals surface area (Å²) in [5.41, 5.74) is 0.560. The van der Waals surface area contributed by atoms with Crippen molar-refractivity contribution < 1.29 is 9.53 Å². The lowest BCUT2D eigenvalue weighted by Crippen LogP contribution is -2.44. The lowest BCUT2D eigenvalue weighted by Gasteiger charge is -2.34. The second kappa shape index (κ2) is 7.09. The van der Waals surface area contributed by atoms with Crippen molar-refractivity contribution >= 4 is 39.3 Å². The molecule has 2 rings (SSSR count). The molecule has 0 atom stereocenters. The number of anilines is 1. The van der Waals surface area contributed by atoms with Crippen LogP contribution in [0.2, 0.25) is 5.02 Å². The fourth-order valence-electron chi connectivity index (χ4n) is 2.35. The monoisotopic (exact) mass is 388 g/mol. The van der Waals surface area contributed by atoms with Crippen molar-refractivity contribution in [2.45, 2.75) is 45.3 Å². The second-order valence-electron chi connectivity index (χ2n) is 6.51. The minimum atomic E-state index is -0.444. The van der Waals surface area contributed by atoms with Crippen molar-refractivity contribution in [3.63, 3.8) is 0 Å². The molecule has 22 heavy (non-hydrogen) atoms. The molecule has 1 aliphatic heterocycles. The normalized spacial score (nSPS) is 16.5. The number of carbonyl (C=O) groups is 1. The number of likely N-dealkylation sites (tertiary alicyclic amines) is 1. The number of nitrogens with one attached hydrogen (secondary N) is 1. The average molecular weight is 390 g/mol. The maximum Gasteiger partial charge on any atom is 0.410 e. The van der Waals surface area contributed by atoms with Gasteiger partial charge >= 0.3 is 6.09 Å². The van der Waals surface area contributed by atoms with Crippen LogP contribution in [0.5, 0.6) is 0 Å². The number of rotatable bonds is 2. The minimum absolute atomic E-state index is 0.224. The Hall–Kier alpha value is -0.940. The van der Waals surface area contributed by atoms with E-state index >= 15 is 0 Å². The molecule has 0 spiro atoms. The van der Waals surface area contributed by atoms with Crippen LogP contribution in [0, 0.1) is 0 Å². The van der Waals surface area contributed by atoms with E-state index in [2.05, 4.69) is 21.2 Å². The Balaban J connectivity index is 1.84. The maximum absolute atomic E-state index is 12.0. The van der Waals surface area contributed by atoms with Gasteiger partial charge in [0.25, 0.3) is 0 Å². The van der Waals surface area contributed by atoms with Crippen LogP contribution in [-0.4, -0.2) is 35.7 Å². The number of halogens is 2. The molecule has 1 heterocycles. The van der Waals surface area contributed by atoms with Gasteiger partial charge in [0.2, 0.25) is 0 Å². The van der Waals surface area contributed by atoms with E-state index in [1.165, 1.54) is 0 Å². The summed E-state index contributed by atoms with van der Waals surface area (Å²) in [5, 5.41) is 4.16. The molecule has 1 aliphatic rings. The number of hydrogen-bond donors (Lipinski definition) is 1. The van der Waals surface area contributed by atoms with E-state index in [0.717, 1.165) is 23.0 Å². The first-order chi connectivity index (χ1) is 10.2. The number of benzene rings is 1. The first-order valence-corrected chi connectivity index (χ1v) is 8.61. The number of ether oxygens (including phenoxy) is 1. The van der Waals surface area contributed by atoms with Crippen molar-refractivity contribution in [2.75, 3.05) is 18.4 Å². The Labute approximate surface area is 145 Å². The van der Waals surface area contributed by atoms with Crippen molar-refractivity contribution in [1.82, 2.24) is 4.90 Å². The summed E-state index contributed by atoms with van der Waals surface area (Å²) in [6.07, 6.45) is 1.57. The smallest absolute Gasteiger partial charge is 0.410 e. The van der Waals surface area contributed by atoms with E-state index in [0.29, 0.717) is 24.2 Å². The lowest BCUT2D eigenvalue weighted by molar-refractivity contribution is 0.0210. The van der Waals surface area contributed by atoms with Gasteiger partial charge in [0.05, 0.1) is 5.02 Å². The molecule has 0 radical (unpaired) electrons. The molecule has 0 unspecified atom stereocenters. The van der Waals surface area contributed by atoms with Crippen LogP contribution in [-0.2, 0) is 4.74 Å². The molecule has 0 saturated carbocycles. The van der Waals surface area contributed by atoms with E-state index in [-0.39, 0.29) is 6.09 Å². The molecule has 0 aromatic heterocycles. The van der Waals surface area contributed by atoms with Crippen LogP contribution >= 0.6 is 27.5 Å². The fourth-order valence-corrected chi connectivity index (χ4v) is 2.78. The van der Waals surface area contributed by atoms with Gasteiger partial charge in [-0.2, -0.15) is 0 Å². The van der Waals surface area contributed by atoms with E-state index in [9.17, 15) is 4.79 Å². The van der Waals surface area contributed by atoms with Gasteiger partial charge in [-0.25, -0.2) is 4.79 Å². The summed E-state index contributed by atoms with van der Waals surface area (Å²) in [7, 11) is 0. The van der Waals surface area contributed by atoms with Crippen LogP contribution in [0.15, 0.2) is 22.7 Å². The van der Waals surface area contributed by atoms with Crippen molar-refractivity contribution in [3.05, 3.63) is 27.7 Å². The maximum atomic E-state index is 12.0. The summed E-state index contributed by atoms with van der Waals surface area (Å²) in [4.78, 5) is 13.8. The molecule has 0 aliphatic carbocycles. The van der Waals surface area contributed by atoms with Crippen molar-refractivity contribution in [3.8, 4) is 0 Å². The minimum Gasteiger partial charge on any atom is -0.444 e. The van der Waals surface area contributed by atoms with Crippen LogP contribution < -0.4 is 5.32 Å². The summed E-state index contributed by atoms with van der Waals surface area (Å²) in [6.45, 7) is 7.07. The molecular formula is C16H22BrClN2O2. The Morgan fingerprint density at radius 3 is 2.55 bits per heavy atom. The molecule has 1 saturated heterocycles. The van der Waals surface area contributed by atoms with E-state index in [1.807, 2.05) is 39.0 Å². The Kier molecular flexibility index (Phi) is 5.61. The summed E-state index contributed by atoms with van der Waals surface area (Å²) in [5.74, 6) is 0. The predicted molar refractivity (Wildman–Crippen MR) is 93.6 cm³/mol. The van der Waals surface area contributed by atoms with Gasteiger partial charge < -0.3 is 15.0 Å². The van der Waals surface area contributed by atoms with Gasteiger partial charge in [0.15, 0.2) is 0 Å². The third-order valence-corrected chi connectivity index (χ3v) is 4.67. The first kappa shape index (κ1) is 17.4. The largest absolute Gasteiger partial charge is 0.444 e. The Morgan fingerprint density at radius 2 is 2.00 bits per heavy atom. The Morgan fingerprint density at radius 1 is 1.36 bits per heavy atom. The van der Waals surface area contributed by atoms with Crippen LogP contribution in [0.4, 0.5) is 10.5 Å². The molecule has 0 bridgehead atoms. The molecule has 1 amide bonds. The summed E-state index contributed by atoms with van der Waals surface area (Å²) < 4.78 is 6.29. The number of hydrogen-bond acceptors (Lipinski definition) is 3. The average Bonchev–Trinajstić information content (AvgIpc) is 2.42. The standard InChI is InChI=1S/C16H22BrClN2O2/c1-16(2,3)22-15(21)20-8-6-11(7-9-20)19-12-4-5-13(17)14(18)10-12/h4-5,10-11,19H,6-9H2,1-3H3. The zero-order valence-corrected chi connectivity index (χ0v) is 15.5. The van der Waals surface area contributed by atoms with Crippen LogP contribution in [0.3, 0.4) is 0 Å². The highest BCUT2D eigenvalue weighted by molar-refractivity contribution is 9.10. The number of amides is 1. The number of piperidine rings is 1. The molecule has 1 aromatic rings. The SMILES string of the molecule is CC(C)(C)OC(=O)N1CCC(Nc2ccc(Br)c(Cl)c2)CC1.